The summed E-state index contributed by atoms with van der Waals surface area (Å²) in [5, 5.41) is 15.0. The predicted octanol–water partition coefficient (Wildman–Crippen LogP) is 1.27. The highest BCUT2D eigenvalue weighted by atomic mass is 32.2. The lowest BCUT2D eigenvalue weighted by Crippen LogP contribution is -2.12. The summed E-state index contributed by atoms with van der Waals surface area (Å²) in [7, 11) is 1.54. The number of aromatic nitrogens is 3. The van der Waals surface area contributed by atoms with Gasteiger partial charge >= 0.3 is 5.69 Å². The molecule has 86 valence electrons. The van der Waals surface area contributed by atoms with Crippen molar-refractivity contribution < 1.29 is 4.39 Å². The van der Waals surface area contributed by atoms with Crippen molar-refractivity contribution in [1.82, 2.24) is 14.8 Å². The van der Waals surface area contributed by atoms with Gasteiger partial charge in [-0.1, -0.05) is 0 Å². The molecule has 0 fully saturated rings. The van der Waals surface area contributed by atoms with Crippen LogP contribution in [0.15, 0.2) is 33.0 Å². The third-order valence-electron chi connectivity index (χ3n) is 2.10. The number of nitrogens with one attached hydrogen (secondary N) is 1. The Hall–Kier alpha value is -2.07. The summed E-state index contributed by atoms with van der Waals surface area (Å²) in [6.45, 7) is 0. The average Bonchev–Trinajstić information content (AvgIpc) is 2.63. The Labute approximate surface area is 99.9 Å². The Morgan fingerprint density at radius 1 is 1.59 bits per heavy atom. The maximum absolute atomic E-state index is 13.6. The first kappa shape index (κ1) is 11.4. The van der Waals surface area contributed by atoms with Crippen LogP contribution >= 0.6 is 11.8 Å². The van der Waals surface area contributed by atoms with E-state index in [4.69, 9.17) is 5.26 Å². The van der Waals surface area contributed by atoms with Crippen LogP contribution in [-0.4, -0.2) is 14.8 Å². The highest BCUT2D eigenvalue weighted by molar-refractivity contribution is 7.99. The molecular formula is C10H7FN4OS. The Balaban J connectivity index is 2.34. The molecule has 0 saturated heterocycles. The van der Waals surface area contributed by atoms with Crippen molar-refractivity contribution in [3.8, 4) is 6.07 Å². The first-order valence-electron chi connectivity index (χ1n) is 4.60. The molecule has 1 aromatic carbocycles. The normalized spacial score (nSPS) is 10.2. The number of benzene rings is 1. The van der Waals surface area contributed by atoms with E-state index in [0.29, 0.717) is 10.1 Å². The molecular weight excluding hydrogens is 243 g/mol. The zero-order chi connectivity index (χ0) is 12.4. The minimum Gasteiger partial charge on any atom is -0.273 e. The molecule has 0 aliphatic heterocycles. The lowest BCUT2D eigenvalue weighted by molar-refractivity contribution is 0.600. The molecule has 1 N–H and O–H groups in total. The highest BCUT2D eigenvalue weighted by Crippen LogP contribution is 2.27. The fourth-order valence-corrected chi connectivity index (χ4v) is 1.98. The molecule has 0 bridgehead atoms. The van der Waals surface area contributed by atoms with Crippen LogP contribution in [0, 0.1) is 17.1 Å². The lowest BCUT2D eigenvalue weighted by Gasteiger charge is -2.01. The van der Waals surface area contributed by atoms with Gasteiger partial charge in [0.15, 0.2) is 5.16 Å². The first-order valence-corrected chi connectivity index (χ1v) is 5.42. The summed E-state index contributed by atoms with van der Waals surface area (Å²) in [6.07, 6.45) is 0. The van der Waals surface area contributed by atoms with Crippen molar-refractivity contribution in [3.05, 3.63) is 40.1 Å². The minimum absolute atomic E-state index is 0.253. The van der Waals surface area contributed by atoms with Gasteiger partial charge in [0, 0.05) is 7.05 Å². The van der Waals surface area contributed by atoms with Crippen molar-refractivity contribution >= 4 is 11.8 Å². The number of nitrogens with zero attached hydrogens (tertiary/aromatic N) is 3. The molecule has 7 heteroatoms. The van der Waals surface area contributed by atoms with E-state index in [1.54, 1.807) is 0 Å². The Morgan fingerprint density at radius 3 is 2.88 bits per heavy atom. The monoisotopic (exact) mass is 250 g/mol. The first-order chi connectivity index (χ1) is 8.11. The van der Waals surface area contributed by atoms with E-state index >= 15 is 0 Å². The number of rotatable bonds is 2. The largest absolute Gasteiger partial charge is 0.343 e. The van der Waals surface area contributed by atoms with Crippen LogP contribution in [0.3, 0.4) is 0 Å². The van der Waals surface area contributed by atoms with Crippen LogP contribution in [0.2, 0.25) is 0 Å². The van der Waals surface area contributed by atoms with E-state index in [9.17, 15) is 9.18 Å². The summed E-state index contributed by atoms with van der Waals surface area (Å²) in [6, 6.07) is 5.99. The second-order valence-electron chi connectivity index (χ2n) is 3.23. The maximum Gasteiger partial charge on any atom is 0.343 e. The molecule has 0 radical (unpaired) electrons. The Kier molecular flexibility index (Phi) is 2.97. The van der Waals surface area contributed by atoms with E-state index in [1.807, 2.05) is 6.07 Å². The van der Waals surface area contributed by atoms with Gasteiger partial charge in [-0.15, -0.1) is 5.10 Å². The smallest absolute Gasteiger partial charge is 0.273 e. The van der Waals surface area contributed by atoms with E-state index in [1.165, 1.54) is 23.7 Å². The second-order valence-corrected chi connectivity index (χ2v) is 4.24. The number of nitriles is 1. The SMILES string of the molecule is Cn1c(Sc2ccc(C#N)cc2F)n[nH]c1=O. The van der Waals surface area contributed by atoms with Gasteiger partial charge in [-0.3, -0.25) is 4.57 Å². The van der Waals surface area contributed by atoms with Crippen LogP contribution in [0.25, 0.3) is 0 Å². The minimum atomic E-state index is -0.510. The van der Waals surface area contributed by atoms with E-state index < -0.39 is 5.82 Å². The van der Waals surface area contributed by atoms with Crippen LogP contribution in [0.4, 0.5) is 4.39 Å². The van der Waals surface area contributed by atoms with E-state index in [2.05, 4.69) is 10.2 Å². The molecule has 1 aromatic heterocycles. The van der Waals surface area contributed by atoms with Crippen LogP contribution in [0.5, 0.6) is 0 Å². The molecule has 2 aromatic rings. The maximum atomic E-state index is 13.6. The fraction of sp³-hybridized carbons (Fsp3) is 0.100. The van der Waals surface area contributed by atoms with Crippen molar-refractivity contribution in [2.24, 2.45) is 7.05 Å². The average molecular weight is 250 g/mol. The van der Waals surface area contributed by atoms with Crippen molar-refractivity contribution in [1.29, 1.82) is 5.26 Å². The summed E-state index contributed by atoms with van der Waals surface area (Å²) in [5.74, 6) is -0.510. The molecule has 0 aliphatic carbocycles. The van der Waals surface area contributed by atoms with Crippen LogP contribution in [0.1, 0.15) is 5.56 Å². The van der Waals surface area contributed by atoms with Gasteiger partial charge in [0.2, 0.25) is 0 Å². The number of hydrogen-bond acceptors (Lipinski definition) is 4. The fourth-order valence-electron chi connectivity index (χ4n) is 1.18. The molecule has 0 spiro atoms. The predicted molar refractivity (Wildman–Crippen MR) is 59.1 cm³/mol. The van der Waals surface area contributed by atoms with Gasteiger partial charge in [0.1, 0.15) is 5.82 Å². The summed E-state index contributed by atoms with van der Waals surface area (Å²) in [5.41, 5.74) is -0.107. The summed E-state index contributed by atoms with van der Waals surface area (Å²) >= 11 is 1.02. The second kappa shape index (κ2) is 4.43. The van der Waals surface area contributed by atoms with Gasteiger partial charge in [-0.05, 0) is 30.0 Å². The molecule has 17 heavy (non-hydrogen) atoms. The van der Waals surface area contributed by atoms with E-state index in [-0.39, 0.29) is 11.3 Å². The van der Waals surface area contributed by atoms with Crippen molar-refractivity contribution in [2.45, 2.75) is 10.1 Å². The van der Waals surface area contributed by atoms with Crippen molar-refractivity contribution in [2.75, 3.05) is 0 Å². The standard InChI is InChI=1S/C10H7FN4OS/c1-15-9(16)13-14-10(15)17-8-3-2-6(5-12)4-7(8)11/h2-4H,1H3,(H,13,16). The van der Waals surface area contributed by atoms with E-state index in [0.717, 1.165) is 17.8 Å². The molecule has 0 amide bonds. The summed E-state index contributed by atoms with van der Waals surface area (Å²) < 4.78 is 14.8. The van der Waals surface area contributed by atoms with Gasteiger partial charge in [-0.2, -0.15) is 5.26 Å². The molecule has 5 nitrogen and oxygen atoms in total. The molecule has 0 atom stereocenters. The van der Waals surface area contributed by atoms with Gasteiger partial charge < -0.3 is 0 Å². The molecule has 2 rings (SSSR count). The highest BCUT2D eigenvalue weighted by Gasteiger charge is 2.10. The Bertz CT molecular complexity index is 655. The van der Waals surface area contributed by atoms with Gasteiger partial charge in [0.05, 0.1) is 16.5 Å². The molecule has 0 unspecified atom stereocenters. The van der Waals surface area contributed by atoms with Gasteiger partial charge in [0.25, 0.3) is 0 Å². The number of hydrogen-bond donors (Lipinski definition) is 1. The van der Waals surface area contributed by atoms with Crippen molar-refractivity contribution in [3.63, 3.8) is 0 Å². The molecule has 0 aliphatic rings. The zero-order valence-electron chi connectivity index (χ0n) is 8.77. The lowest BCUT2D eigenvalue weighted by atomic mass is 10.2. The number of halogens is 1. The number of aromatic amines is 1. The molecule has 1 heterocycles. The quantitative estimate of drug-likeness (QED) is 0.871. The third kappa shape index (κ3) is 2.21. The molecule has 0 saturated carbocycles. The van der Waals surface area contributed by atoms with Crippen LogP contribution in [-0.2, 0) is 7.05 Å². The Morgan fingerprint density at radius 2 is 2.35 bits per heavy atom. The summed E-state index contributed by atoms with van der Waals surface area (Å²) in [4.78, 5) is 11.4. The zero-order valence-corrected chi connectivity index (χ0v) is 9.58. The third-order valence-corrected chi connectivity index (χ3v) is 3.20. The van der Waals surface area contributed by atoms with Crippen LogP contribution < -0.4 is 5.69 Å². The van der Waals surface area contributed by atoms with Gasteiger partial charge in [-0.25, -0.2) is 14.3 Å². The number of H-pyrrole nitrogens is 1. The topological polar surface area (TPSA) is 74.5 Å².